The Morgan fingerprint density at radius 1 is 1.38 bits per heavy atom. The third-order valence-electron chi connectivity index (χ3n) is 2.73. The highest BCUT2D eigenvalue weighted by Crippen LogP contribution is 2.34. The lowest BCUT2D eigenvalue weighted by atomic mass is 9.97. The number of halogens is 1. The molecule has 1 saturated heterocycles. The molecule has 0 amide bonds. The van der Waals surface area contributed by atoms with Crippen molar-refractivity contribution in [1.82, 2.24) is 0 Å². The summed E-state index contributed by atoms with van der Waals surface area (Å²) in [6, 6.07) is 7.10. The number of hydrogen-bond acceptors (Lipinski definition) is 3. The molecule has 0 aliphatic carbocycles. The molecule has 4 heteroatoms. The Hall–Kier alpha value is -1.35. The predicted octanol–water partition coefficient (Wildman–Crippen LogP) is 2.53. The van der Waals surface area contributed by atoms with Crippen LogP contribution in [0.3, 0.4) is 0 Å². The van der Waals surface area contributed by atoms with E-state index in [4.69, 9.17) is 16.3 Å². The summed E-state index contributed by atoms with van der Waals surface area (Å²) in [4.78, 5) is 22.6. The van der Waals surface area contributed by atoms with Crippen molar-refractivity contribution in [2.45, 2.75) is 19.4 Å². The summed E-state index contributed by atoms with van der Waals surface area (Å²) < 4.78 is 5.16. The Morgan fingerprint density at radius 3 is 2.50 bits per heavy atom. The number of cyclic esters (lactones) is 1. The summed E-state index contributed by atoms with van der Waals surface area (Å²) in [5.74, 6) is -1.17. The van der Waals surface area contributed by atoms with E-state index in [0.717, 1.165) is 5.56 Å². The van der Waals surface area contributed by atoms with Gasteiger partial charge < -0.3 is 4.74 Å². The molecular weight excluding hydrogens is 228 g/mol. The van der Waals surface area contributed by atoms with Crippen LogP contribution in [0.4, 0.5) is 0 Å². The zero-order chi connectivity index (χ0) is 11.7. The quantitative estimate of drug-likeness (QED) is 0.587. The van der Waals surface area contributed by atoms with Gasteiger partial charge in [-0.05, 0) is 24.6 Å². The van der Waals surface area contributed by atoms with E-state index in [0.29, 0.717) is 11.4 Å². The molecule has 1 aliphatic rings. The van der Waals surface area contributed by atoms with Crippen molar-refractivity contribution >= 4 is 23.4 Å². The molecule has 2 rings (SSSR count). The lowest BCUT2D eigenvalue weighted by Gasteiger charge is -2.08. The SMILES string of the molecule is CC(=O)[C@@H]1C[C@@H](c2ccc(Cl)cc2)OC1=O. The van der Waals surface area contributed by atoms with Crippen LogP contribution < -0.4 is 0 Å². The number of carbonyl (C=O) groups excluding carboxylic acids is 2. The van der Waals surface area contributed by atoms with E-state index in [-0.39, 0.29) is 11.9 Å². The van der Waals surface area contributed by atoms with Crippen LogP contribution in [0, 0.1) is 5.92 Å². The van der Waals surface area contributed by atoms with Gasteiger partial charge in [0, 0.05) is 11.4 Å². The molecule has 84 valence electrons. The Labute approximate surface area is 98.4 Å². The normalized spacial score (nSPS) is 24.2. The highest BCUT2D eigenvalue weighted by Gasteiger charge is 2.38. The third kappa shape index (κ3) is 2.09. The van der Waals surface area contributed by atoms with Crippen molar-refractivity contribution in [2.24, 2.45) is 5.92 Å². The first kappa shape index (κ1) is 11.1. The summed E-state index contributed by atoms with van der Waals surface area (Å²) in [6.45, 7) is 1.41. The smallest absolute Gasteiger partial charge is 0.317 e. The molecule has 0 saturated carbocycles. The van der Waals surface area contributed by atoms with Crippen LogP contribution in [0.2, 0.25) is 5.02 Å². The fourth-order valence-corrected chi connectivity index (χ4v) is 1.92. The molecule has 0 unspecified atom stereocenters. The maximum Gasteiger partial charge on any atom is 0.317 e. The molecule has 0 radical (unpaired) electrons. The number of rotatable bonds is 2. The summed E-state index contributed by atoms with van der Waals surface area (Å²) >= 11 is 5.76. The number of carbonyl (C=O) groups is 2. The fourth-order valence-electron chi connectivity index (χ4n) is 1.79. The maximum absolute atomic E-state index is 11.4. The van der Waals surface area contributed by atoms with Crippen LogP contribution in [0.15, 0.2) is 24.3 Å². The molecule has 0 aromatic heterocycles. The average molecular weight is 239 g/mol. The van der Waals surface area contributed by atoms with Crippen molar-refractivity contribution in [3.8, 4) is 0 Å². The van der Waals surface area contributed by atoms with Crippen molar-refractivity contribution in [3.05, 3.63) is 34.9 Å². The zero-order valence-corrected chi connectivity index (χ0v) is 9.53. The second-order valence-corrected chi connectivity index (χ2v) is 4.31. The van der Waals surface area contributed by atoms with E-state index in [1.807, 2.05) is 12.1 Å². The van der Waals surface area contributed by atoms with Crippen molar-refractivity contribution in [1.29, 1.82) is 0 Å². The molecule has 0 bridgehead atoms. The monoisotopic (exact) mass is 238 g/mol. The van der Waals surface area contributed by atoms with Crippen molar-refractivity contribution in [2.75, 3.05) is 0 Å². The predicted molar refractivity (Wildman–Crippen MR) is 59.1 cm³/mol. The van der Waals surface area contributed by atoms with Gasteiger partial charge in [-0.25, -0.2) is 0 Å². The standard InChI is InChI=1S/C12H11ClO3/c1-7(14)10-6-11(16-12(10)15)8-2-4-9(13)5-3-8/h2-5,10-11H,6H2,1H3/t10-,11-/m0/s1. The molecule has 3 nitrogen and oxygen atoms in total. The van der Waals surface area contributed by atoms with Crippen LogP contribution in [0.25, 0.3) is 0 Å². The average Bonchev–Trinajstić information content (AvgIpc) is 2.61. The van der Waals surface area contributed by atoms with Crippen molar-refractivity contribution in [3.63, 3.8) is 0 Å². The van der Waals surface area contributed by atoms with Crippen LogP contribution in [0.1, 0.15) is 25.0 Å². The van der Waals surface area contributed by atoms with E-state index < -0.39 is 11.9 Å². The van der Waals surface area contributed by atoms with Gasteiger partial charge in [-0.15, -0.1) is 0 Å². The summed E-state index contributed by atoms with van der Waals surface area (Å²) in [5, 5.41) is 0.635. The highest BCUT2D eigenvalue weighted by molar-refractivity contribution is 6.30. The van der Waals surface area contributed by atoms with Gasteiger partial charge in [0.1, 0.15) is 17.8 Å². The minimum absolute atomic E-state index is 0.138. The van der Waals surface area contributed by atoms with Gasteiger partial charge >= 0.3 is 5.97 Å². The minimum Gasteiger partial charge on any atom is -0.457 e. The van der Waals surface area contributed by atoms with Crippen molar-refractivity contribution < 1.29 is 14.3 Å². The Kier molecular flexibility index (Phi) is 2.97. The maximum atomic E-state index is 11.4. The Balaban J connectivity index is 2.16. The van der Waals surface area contributed by atoms with Gasteiger partial charge in [-0.2, -0.15) is 0 Å². The summed E-state index contributed by atoms with van der Waals surface area (Å²) in [6.07, 6.45) is 0.106. The van der Waals surface area contributed by atoms with Gasteiger partial charge in [0.15, 0.2) is 0 Å². The van der Waals surface area contributed by atoms with Gasteiger partial charge in [-0.1, -0.05) is 23.7 Å². The van der Waals surface area contributed by atoms with Crippen LogP contribution >= 0.6 is 11.6 Å². The van der Waals surface area contributed by atoms with Crippen LogP contribution in [-0.4, -0.2) is 11.8 Å². The lowest BCUT2D eigenvalue weighted by molar-refractivity contribution is -0.146. The number of hydrogen-bond donors (Lipinski definition) is 0. The highest BCUT2D eigenvalue weighted by atomic mass is 35.5. The second kappa shape index (κ2) is 4.26. The topological polar surface area (TPSA) is 43.4 Å². The molecular formula is C12H11ClO3. The molecule has 16 heavy (non-hydrogen) atoms. The van der Waals surface area contributed by atoms with Gasteiger partial charge in [-0.3, -0.25) is 9.59 Å². The van der Waals surface area contributed by atoms with E-state index in [2.05, 4.69) is 0 Å². The molecule has 1 aromatic rings. The Morgan fingerprint density at radius 2 is 2.00 bits per heavy atom. The van der Waals surface area contributed by atoms with Gasteiger partial charge in [0.25, 0.3) is 0 Å². The molecule has 1 aromatic carbocycles. The lowest BCUT2D eigenvalue weighted by Crippen LogP contribution is -2.15. The first-order valence-corrected chi connectivity index (χ1v) is 5.42. The molecule has 0 spiro atoms. The van der Waals surface area contributed by atoms with E-state index in [1.54, 1.807) is 12.1 Å². The largest absolute Gasteiger partial charge is 0.457 e. The van der Waals surface area contributed by atoms with Crippen LogP contribution in [0.5, 0.6) is 0 Å². The molecule has 0 N–H and O–H groups in total. The second-order valence-electron chi connectivity index (χ2n) is 3.88. The van der Waals surface area contributed by atoms with Crippen LogP contribution in [-0.2, 0) is 14.3 Å². The fraction of sp³-hybridized carbons (Fsp3) is 0.333. The molecule has 1 heterocycles. The minimum atomic E-state index is -0.610. The van der Waals surface area contributed by atoms with Gasteiger partial charge in [0.05, 0.1) is 0 Å². The molecule has 1 aliphatic heterocycles. The number of benzene rings is 1. The number of ether oxygens (including phenoxy) is 1. The Bertz CT molecular complexity index is 424. The van der Waals surface area contributed by atoms with E-state index >= 15 is 0 Å². The van der Waals surface area contributed by atoms with E-state index in [1.165, 1.54) is 6.92 Å². The first-order chi connectivity index (χ1) is 7.58. The van der Waals surface area contributed by atoms with Gasteiger partial charge in [0.2, 0.25) is 0 Å². The molecule has 1 fully saturated rings. The molecule has 2 atom stereocenters. The summed E-state index contributed by atoms with van der Waals surface area (Å²) in [5.41, 5.74) is 0.876. The zero-order valence-electron chi connectivity index (χ0n) is 8.77. The number of ketones is 1. The van der Waals surface area contributed by atoms with E-state index in [9.17, 15) is 9.59 Å². The summed E-state index contributed by atoms with van der Waals surface area (Å²) in [7, 11) is 0. The third-order valence-corrected chi connectivity index (χ3v) is 2.98. The first-order valence-electron chi connectivity index (χ1n) is 5.04. The number of esters is 1. The number of Topliss-reactive ketones (excluding diaryl/α,β-unsaturated/α-hetero) is 1.